The van der Waals surface area contributed by atoms with Gasteiger partial charge in [0, 0.05) is 12.7 Å². The summed E-state index contributed by atoms with van der Waals surface area (Å²) in [6.07, 6.45) is 0.940. The minimum atomic E-state index is -1.06. The molecule has 5 heteroatoms. The largest absolute Gasteiger partial charge is 0.389 e. The van der Waals surface area contributed by atoms with Gasteiger partial charge in [-0.05, 0) is 6.92 Å². The minimum Gasteiger partial charge on any atom is -0.389 e. The van der Waals surface area contributed by atoms with Crippen LogP contribution < -0.4 is 5.73 Å². The Balaban J connectivity index is 2.82. The highest BCUT2D eigenvalue weighted by atomic mass is 16.3. The Labute approximate surface area is 76.3 Å². The van der Waals surface area contributed by atoms with Crippen LogP contribution in [0.1, 0.15) is 17.5 Å². The summed E-state index contributed by atoms with van der Waals surface area (Å²) in [5, 5.41) is 18.7. The van der Waals surface area contributed by atoms with Crippen molar-refractivity contribution in [2.45, 2.75) is 19.1 Å². The van der Waals surface area contributed by atoms with Gasteiger partial charge < -0.3 is 15.9 Å². The molecule has 0 bridgehead atoms. The predicted octanol–water partition coefficient (Wildman–Crippen LogP) is -0.862. The molecule has 0 radical (unpaired) electrons. The molecule has 4 N–H and O–H groups in total. The standard InChI is InChI=1S/C8H13N3O2/c1-5-3-10-4-6(11-5)8(13)7(12)2-9/h3-4,7-8,12-13H,2,9H2,1H3. The Kier molecular flexibility index (Phi) is 3.30. The summed E-state index contributed by atoms with van der Waals surface area (Å²) >= 11 is 0. The van der Waals surface area contributed by atoms with Crippen LogP contribution in [0.4, 0.5) is 0 Å². The van der Waals surface area contributed by atoms with Crippen LogP contribution in [0.15, 0.2) is 12.4 Å². The van der Waals surface area contributed by atoms with Gasteiger partial charge in [0.2, 0.25) is 0 Å². The van der Waals surface area contributed by atoms with Crippen molar-refractivity contribution in [1.29, 1.82) is 0 Å². The van der Waals surface area contributed by atoms with Crippen LogP contribution in [0.3, 0.4) is 0 Å². The maximum absolute atomic E-state index is 9.48. The maximum atomic E-state index is 9.48. The monoisotopic (exact) mass is 183 g/mol. The van der Waals surface area contributed by atoms with Gasteiger partial charge in [-0.25, -0.2) is 0 Å². The topological polar surface area (TPSA) is 92.3 Å². The number of nitrogens with two attached hydrogens (primary N) is 1. The van der Waals surface area contributed by atoms with Crippen LogP contribution in [0, 0.1) is 6.92 Å². The summed E-state index contributed by atoms with van der Waals surface area (Å²) in [6.45, 7) is 1.76. The van der Waals surface area contributed by atoms with Gasteiger partial charge in [-0.1, -0.05) is 0 Å². The van der Waals surface area contributed by atoms with Gasteiger partial charge in [0.05, 0.1) is 23.7 Å². The van der Waals surface area contributed by atoms with Gasteiger partial charge in [-0.2, -0.15) is 0 Å². The number of aliphatic hydroxyl groups is 2. The highest BCUT2D eigenvalue weighted by Gasteiger charge is 2.18. The normalized spacial score (nSPS) is 15.4. The van der Waals surface area contributed by atoms with Crippen molar-refractivity contribution < 1.29 is 10.2 Å². The SMILES string of the molecule is Cc1cncc(C(O)C(O)CN)n1. The van der Waals surface area contributed by atoms with Gasteiger partial charge in [-0.3, -0.25) is 9.97 Å². The average Bonchev–Trinajstić information content (AvgIpc) is 2.15. The number of aryl methyl sites for hydroxylation is 1. The molecule has 1 rings (SSSR count). The highest BCUT2D eigenvalue weighted by Crippen LogP contribution is 2.12. The molecule has 0 saturated heterocycles. The lowest BCUT2D eigenvalue weighted by molar-refractivity contribution is 0.0214. The summed E-state index contributed by atoms with van der Waals surface area (Å²) in [6, 6.07) is 0. The molecule has 2 atom stereocenters. The lowest BCUT2D eigenvalue weighted by atomic mass is 10.1. The van der Waals surface area contributed by atoms with E-state index in [4.69, 9.17) is 5.73 Å². The van der Waals surface area contributed by atoms with Crippen molar-refractivity contribution >= 4 is 0 Å². The summed E-state index contributed by atoms with van der Waals surface area (Å²) < 4.78 is 0. The zero-order valence-corrected chi connectivity index (χ0v) is 7.38. The molecule has 2 unspecified atom stereocenters. The Morgan fingerprint density at radius 3 is 2.69 bits per heavy atom. The molecule has 0 fully saturated rings. The lowest BCUT2D eigenvalue weighted by Gasteiger charge is -2.14. The summed E-state index contributed by atoms with van der Waals surface area (Å²) in [7, 11) is 0. The van der Waals surface area contributed by atoms with Crippen LogP contribution in [0.5, 0.6) is 0 Å². The van der Waals surface area contributed by atoms with Gasteiger partial charge in [0.1, 0.15) is 6.10 Å². The molecule has 0 aromatic carbocycles. The number of aromatic nitrogens is 2. The molecule has 0 spiro atoms. The Hall–Kier alpha value is -1.04. The first kappa shape index (κ1) is 10.0. The average molecular weight is 183 g/mol. The van der Waals surface area contributed by atoms with Gasteiger partial charge >= 0.3 is 0 Å². The molecule has 0 aliphatic rings. The minimum absolute atomic E-state index is 0.00319. The molecular weight excluding hydrogens is 170 g/mol. The van der Waals surface area contributed by atoms with E-state index in [1.165, 1.54) is 6.20 Å². The molecule has 72 valence electrons. The Morgan fingerprint density at radius 2 is 2.15 bits per heavy atom. The molecule has 0 amide bonds. The van der Waals surface area contributed by atoms with E-state index in [1.54, 1.807) is 13.1 Å². The Morgan fingerprint density at radius 1 is 1.46 bits per heavy atom. The van der Waals surface area contributed by atoms with E-state index in [-0.39, 0.29) is 6.54 Å². The van der Waals surface area contributed by atoms with Crippen molar-refractivity contribution in [1.82, 2.24) is 9.97 Å². The molecule has 1 aromatic rings. The van der Waals surface area contributed by atoms with Crippen molar-refractivity contribution in [2.24, 2.45) is 5.73 Å². The zero-order valence-electron chi connectivity index (χ0n) is 7.38. The van der Waals surface area contributed by atoms with Crippen molar-refractivity contribution in [2.75, 3.05) is 6.54 Å². The first-order chi connectivity index (χ1) is 6.15. The third-order valence-corrected chi connectivity index (χ3v) is 1.68. The van der Waals surface area contributed by atoms with Crippen LogP contribution in [-0.4, -0.2) is 32.8 Å². The summed E-state index contributed by atoms with van der Waals surface area (Å²) in [5.74, 6) is 0. The van der Waals surface area contributed by atoms with E-state index in [9.17, 15) is 10.2 Å². The Bertz CT molecular complexity index is 280. The molecular formula is C8H13N3O2. The van der Waals surface area contributed by atoms with Crippen LogP contribution in [0.2, 0.25) is 0 Å². The summed E-state index contributed by atoms with van der Waals surface area (Å²) in [5.41, 5.74) is 6.23. The number of rotatable bonds is 3. The van der Waals surface area contributed by atoms with E-state index in [0.29, 0.717) is 11.4 Å². The van der Waals surface area contributed by atoms with Gasteiger partial charge in [0.15, 0.2) is 0 Å². The van der Waals surface area contributed by atoms with Crippen molar-refractivity contribution in [3.63, 3.8) is 0 Å². The maximum Gasteiger partial charge on any atom is 0.125 e. The number of hydrogen-bond acceptors (Lipinski definition) is 5. The fourth-order valence-corrected chi connectivity index (χ4v) is 0.951. The van der Waals surface area contributed by atoms with Crippen LogP contribution in [0.25, 0.3) is 0 Å². The highest BCUT2D eigenvalue weighted by molar-refractivity contribution is 5.06. The quantitative estimate of drug-likeness (QED) is 0.567. The van der Waals surface area contributed by atoms with Crippen molar-refractivity contribution in [3.05, 3.63) is 23.8 Å². The van der Waals surface area contributed by atoms with Crippen LogP contribution in [-0.2, 0) is 0 Å². The number of aliphatic hydroxyl groups excluding tert-OH is 2. The summed E-state index contributed by atoms with van der Waals surface area (Å²) in [4.78, 5) is 7.86. The van der Waals surface area contributed by atoms with Crippen molar-refractivity contribution in [3.8, 4) is 0 Å². The van der Waals surface area contributed by atoms with Crippen LogP contribution >= 0.6 is 0 Å². The lowest BCUT2D eigenvalue weighted by Crippen LogP contribution is -2.27. The molecule has 1 aromatic heterocycles. The second-order valence-electron chi connectivity index (χ2n) is 2.83. The molecule has 1 heterocycles. The third-order valence-electron chi connectivity index (χ3n) is 1.68. The fourth-order valence-electron chi connectivity index (χ4n) is 0.951. The molecule has 0 aliphatic heterocycles. The van der Waals surface area contributed by atoms with E-state index in [1.807, 2.05) is 0 Å². The molecule has 0 aliphatic carbocycles. The predicted molar refractivity (Wildman–Crippen MR) is 46.8 cm³/mol. The second-order valence-corrected chi connectivity index (χ2v) is 2.83. The number of nitrogens with zero attached hydrogens (tertiary/aromatic N) is 2. The van der Waals surface area contributed by atoms with E-state index in [0.717, 1.165) is 0 Å². The van der Waals surface area contributed by atoms with Gasteiger partial charge in [0.25, 0.3) is 0 Å². The molecule has 13 heavy (non-hydrogen) atoms. The number of hydrogen-bond donors (Lipinski definition) is 3. The third kappa shape index (κ3) is 2.45. The van der Waals surface area contributed by atoms with E-state index < -0.39 is 12.2 Å². The fraction of sp³-hybridized carbons (Fsp3) is 0.500. The first-order valence-electron chi connectivity index (χ1n) is 4.00. The smallest absolute Gasteiger partial charge is 0.125 e. The zero-order chi connectivity index (χ0) is 9.84. The first-order valence-corrected chi connectivity index (χ1v) is 4.00. The second kappa shape index (κ2) is 4.27. The van der Waals surface area contributed by atoms with E-state index in [2.05, 4.69) is 9.97 Å². The molecule has 5 nitrogen and oxygen atoms in total. The molecule has 0 saturated carbocycles. The van der Waals surface area contributed by atoms with E-state index >= 15 is 0 Å². The van der Waals surface area contributed by atoms with Gasteiger partial charge in [-0.15, -0.1) is 0 Å².